The van der Waals surface area contributed by atoms with Crippen LogP contribution in [0.25, 0.3) is 0 Å². The number of methoxy groups -OCH3 is 2. The second kappa shape index (κ2) is 10.6. The molecule has 8 nitrogen and oxygen atoms in total. The lowest BCUT2D eigenvalue weighted by Gasteiger charge is -2.11. The molecule has 3 N–H and O–H groups in total. The van der Waals surface area contributed by atoms with Crippen LogP contribution in [0.1, 0.15) is 21.6 Å². The van der Waals surface area contributed by atoms with E-state index in [0.29, 0.717) is 34.5 Å². The zero-order chi connectivity index (χ0) is 24.8. The second-order valence-electron chi connectivity index (χ2n) is 7.97. The highest BCUT2D eigenvalue weighted by atomic mass is 16.5. The van der Waals surface area contributed by atoms with E-state index in [4.69, 9.17) is 9.47 Å². The summed E-state index contributed by atoms with van der Waals surface area (Å²) < 4.78 is 10.5. The Labute approximate surface area is 204 Å². The normalized spacial score (nSPS) is 10.4. The van der Waals surface area contributed by atoms with Gasteiger partial charge in [0, 0.05) is 40.5 Å². The highest BCUT2D eigenvalue weighted by Gasteiger charge is 2.11. The molecular weight excluding hydrogens is 442 g/mol. The molecule has 1 aromatic heterocycles. The zero-order valence-electron chi connectivity index (χ0n) is 20.0. The summed E-state index contributed by atoms with van der Waals surface area (Å²) >= 11 is 0. The van der Waals surface area contributed by atoms with E-state index in [1.807, 2.05) is 56.3 Å². The Balaban J connectivity index is 1.43. The van der Waals surface area contributed by atoms with Crippen molar-refractivity contribution in [3.05, 3.63) is 89.6 Å². The number of hydrogen-bond donors (Lipinski definition) is 3. The first-order chi connectivity index (χ1) is 16.9. The van der Waals surface area contributed by atoms with Crippen LogP contribution in [0.4, 0.5) is 28.8 Å². The number of aryl methyl sites for hydroxylation is 2. The Morgan fingerprint density at radius 1 is 0.714 bits per heavy atom. The zero-order valence-corrected chi connectivity index (χ0v) is 20.0. The molecule has 3 aromatic carbocycles. The number of anilines is 5. The number of amides is 1. The number of nitrogens with one attached hydrogen (secondary N) is 3. The molecule has 0 unspecified atom stereocenters. The minimum Gasteiger partial charge on any atom is -0.497 e. The lowest BCUT2D eigenvalue weighted by Crippen LogP contribution is -2.12. The minimum atomic E-state index is -0.267. The lowest BCUT2D eigenvalue weighted by atomic mass is 10.1. The van der Waals surface area contributed by atoms with E-state index in [1.54, 1.807) is 44.6 Å². The van der Waals surface area contributed by atoms with Gasteiger partial charge in [0.15, 0.2) is 0 Å². The van der Waals surface area contributed by atoms with Gasteiger partial charge < -0.3 is 25.4 Å². The molecule has 0 spiro atoms. The third-order valence-corrected chi connectivity index (χ3v) is 5.19. The SMILES string of the molecule is COc1cc(OC)cc(C(=O)Nc2ccc(Nc3nc(C)cc(Nc4ccc(C)cc4)n3)cc2)c1. The molecule has 4 rings (SSSR count). The molecule has 0 fully saturated rings. The third-order valence-electron chi connectivity index (χ3n) is 5.19. The van der Waals surface area contributed by atoms with E-state index in [0.717, 1.165) is 17.1 Å². The third kappa shape index (κ3) is 6.26. The Morgan fingerprint density at radius 3 is 1.91 bits per heavy atom. The maximum Gasteiger partial charge on any atom is 0.255 e. The first-order valence-electron chi connectivity index (χ1n) is 11.0. The summed E-state index contributed by atoms with van der Waals surface area (Å²) in [5.74, 6) is 1.99. The molecule has 1 heterocycles. The standard InChI is InChI=1S/C27H27N5O3/c1-17-5-7-20(8-6-17)29-25-13-18(2)28-27(32-25)31-22-11-9-21(10-12-22)30-26(33)19-14-23(34-3)16-24(15-19)35-4/h5-16H,1-4H3,(H,30,33)(H2,28,29,31,32). The molecule has 0 aliphatic carbocycles. The first kappa shape index (κ1) is 23.6. The molecule has 35 heavy (non-hydrogen) atoms. The molecule has 0 aliphatic rings. The smallest absolute Gasteiger partial charge is 0.255 e. The van der Waals surface area contributed by atoms with Gasteiger partial charge in [-0.15, -0.1) is 0 Å². The Hall–Kier alpha value is -4.59. The van der Waals surface area contributed by atoms with Crippen molar-refractivity contribution < 1.29 is 14.3 Å². The van der Waals surface area contributed by atoms with E-state index >= 15 is 0 Å². The van der Waals surface area contributed by atoms with E-state index in [9.17, 15) is 4.79 Å². The molecule has 0 saturated carbocycles. The average molecular weight is 470 g/mol. The van der Waals surface area contributed by atoms with Crippen molar-refractivity contribution in [3.8, 4) is 11.5 Å². The van der Waals surface area contributed by atoms with Crippen LogP contribution < -0.4 is 25.4 Å². The highest BCUT2D eigenvalue weighted by Crippen LogP contribution is 2.24. The largest absolute Gasteiger partial charge is 0.497 e. The summed E-state index contributed by atoms with van der Waals surface area (Å²) in [5, 5.41) is 9.40. The molecule has 0 saturated heterocycles. The molecule has 0 aliphatic heterocycles. The highest BCUT2D eigenvalue weighted by molar-refractivity contribution is 6.04. The van der Waals surface area contributed by atoms with Gasteiger partial charge in [-0.1, -0.05) is 17.7 Å². The summed E-state index contributed by atoms with van der Waals surface area (Å²) in [6.45, 7) is 3.96. The summed E-state index contributed by atoms with van der Waals surface area (Å²) in [5.41, 5.74) is 4.85. The second-order valence-corrected chi connectivity index (χ2v) is 7.97. The van der Waals surface area contributed by atoms with Crippen molar-refractivity contribution in [2.24, 2.45) is 0 Å². The van der Waals surface area contributed by atoms with E-state index < -0.39 is 0 Å². The number of rotatable bonds is 8. The first-order valence-corrected chi connectivity index (χ1v) is 11.0. The number of hydrogen-bond acceptors (Lipinski definition) is 7. The van der Waals surface area contributed by atoms with Crippen molar-refractivity contribution in [3.63, 3.8) is 0 Å². The number of nitrogens with zero attached hydrogens (tertiary/aromatic N) is 2. The van der Waals surface area contributed by atoms with E-state index in [1.165, 1.54) is 5.56 Å². The van der Waals surface area contributed by atoms with E-state index in [-0.39, 0.29) is 5.91 Å². The summed E-state index contributed by atoms with van der Waals surface area (Å²) in [6, 6.07) is 22.3. The van der Waals surface area contributed by atoms with Gasteiger partial charge in [0.1, 0.15) is 17.3 Å². The maximum absolute atomic E-state index is 12.7. The fourth-order valence-electron chi connectivity index (χ4n) is 3.38. The van der Waals surface area contributed by atoms with Crippen molar-refractivity contribution in [2.75, 3.05) is 30.2 Å². The van der Waals surface area contributed by atoms with Gasteiger partial charge in [-0.25, -0.2) is 4.98 Å². The minimum absolute atomic E-state index is 0.267. The van der Waals surface area contributed by atoms with Crippen LogP contribution in [0.15, 0.2) is 72.8 Å². The summed E-state index contributed by atoms with van der Waals surface area (Å²) in [6.07, 6.45) is 0. The van der Waals surface area contributed by atoms with Crippen molar-refractivity contribution in [1.82, 2.24) is 9.97 Å². The van der Waals surface area contributed by atoms with Crippen LogP contribution in [0, 0.1) is 13.8 Å². The fourth-order valence-corrected chi connectivity index (χ4v) is 3.38. The number of carbonyl (C=O) groups excluding carboxylic acids is 1. The van der Waals surface area contributed by atoms with Crippen LogP contribution in [0.5, 0.6) is 11.5 Å². The van der Waals surface area contributed by atoms with Gasteiger partial charge in [0.2, 0.25) is 5.95 Å². The van der Waals surface area contributed by atoms with Crippen LogP contribution in [-0.4, -0.2) is 30.1 Å². The molecular formula is C27H27N5O3. The molecule has 4 aromatic rings. The maximum atomic E-state index is 12.7. The van der Waals surface area contributed by atoms with Gasteiger partial charge in [-0.3, -0.25) is 4.79 Å². The average Bonchev–Trinajstić information content (AvgIpc) is 2.86. The molecule has 8 heteroatoms. The number of aromatic nitrogens is 2. The Morgan fingerprint density at radius 2 is 1.29 bits per heavy atom. The quantitative estimate of drug-likeness (QED) is 0.298. The molecule has 0 radical (unpaired) electrons. The topological polar surface area (TPSA) is 97.4 Å². The molecule has 178 valence electrons. The molecule has 0 bridgehead atoms. The monoisotopic (exact) mass is 469 g/mol. The van der Waals surface area contributed by atoms with Crippen molar-refractivity contribution in [1.29, 1.82) is 0 Å². The van der Waals surface area contributed by atoms with Crippen LogP contribution in [-0.2, 0) is 0 Å². The van der Waals surface area contributed by atoms with E-state index in [2.05, 4.69) is 25.9 Å². The van der Waals surface area contributed by atoms with Gasteiger partial charge in [-0.05, 0) is 62.4 Å². The van der Waals surface area contributed by atoms with Crippen LogP contribution >= 0.6 is 0 Å². The van der Waals surface area contributed by atoms with Crippen LogP contribution in [0.3, 0.4) is 0 Å². The number of benzene rings is 3. The number of carbonyl (C=O) groups is 1. The van der Waals surface area contributed by atoms with Crippen molar-refractivity contribution >= 4 is 34.7 Å². The lowest BCUT2D eigenvalue weighted by molar-refractivity contribution is 0.102. The van der Waals surface area contributed by atoms with Gasteiger partial charge in [-0.2, -0.15) is 4.98 Å². The predicted molar refractivity (Wildman–Crippen MR) is 138 cm³/mol. The fraction of sp³-hybridized carbons (Fsp3) is 0.148. The van der Waals surface area contributed by atoms with Gasteiger partial charge in [0.05, 0.1) is 14.2 Å². The molecule has 1 amide bonds. The number of ether oxygens (including phenoxy) is 2. The predicted octanol–water partition coefficient (Wildman–Crippen LogP) is 5.85. The van der Waals surface area contributed by atoms with Gasteiger partial charge in [0.25, 0.3) is 5.91 Å². The Kier molecular flexibility index (Phi) is 7.11. The molecule has 0 atom stereocenters. The summed E-state index contributed by atoms with van der Waals surface area (Å²) in [7, 11) is 3.09. The van der Waals surface area contributed by atoms with Crippen molar-refractivity contribution in [2.45, 2.75) is 13.8 Å². The van der Waals surface area contributed by atoms with Crippen LogP contribution in [0.2, 0.25) is 0 Å². The van der Waals surface area contributed by atoms with Gasteiger partial charge >= 0.3 is 0 Å². The summed E-state index contributed by atoms with van der Waals surface area (Å²) in [4.78, 5) is 21.7. The Bertz CT molecular complexity index is 1300.